The SMILES string of the molecule is N#[13C]c1ccc(Br)cc1. The molecule has 1 rings (SSSR count). The smallest absolute Gasteiger partial charge is 0.0991 e. The first-order valence-electron chi connectivity index (χ1n) is 2.48. The van der Waals surface area contributed by atoms with Gasteiger partial charge in [0.1, 0.15) is 0 Å². The molecular weight excluding hydrogens is 179 g/mol. The molecule has 0 unspecified atom stereocenters. The number of benzene rings is 1. The van der Waals surface area contributed by atoms with Crippen LogP contribution in [-0.2, 0) is 0 Å². The quantitative estimate of drug-likeness (QED) is 0.566. The highest BCUT2D eigenvalue weighted by molar-refractivity contribution is 9.10. The minimum absolute atomic E-state index is 0.693. The highest BCUT2D eigenvalue weighted by Crippen LogP contribution is 2.08. The maximum Gasteiger partial charge on any atom is 0.0991 e. The third-order valence-corrected chi connectivity index (χ3v) is 1.50. The van der Waals surface area contributed by atoms with E-state index in [-0.39, 0.29) is 0 Å². The van der Waals surface area contributed by atoms with Gasteiger partial charge in [0, 0.05) is 4.47 Å². The van der Waals surface area contributed by atoms with E-state index < -0.39 is 0 Å². The first-order chi connectivity index (χ1) is 4.33. The summed E-state index contributed by atoms with van der Waals surface area (Å²) in [6.07, 6.45) is 0. The van der Waals surface area contributed by atoms with Gasteiger partial charge in [-0.1, -0.05) is 15.9 Å². The summed E-state index contributed by atoms with van der Waals surface area (Å²) in [6, 6.07) is 9.26. The molecule has 1 aromatic carbocycles. The van der Waals surface area contributed by atoms with Crippen LogP contribution in [0.2, 0.25) is 0 Å². The van der Waals surface area contributed by atoms with Crippen LogP contribution in [0.15, 0.2) is 28.7 Å². The van der Waals surface area contributed by atoms with Gasteiger partial charge in [0.15, 0.2) is 0 Å². The van der Waals surface area contributed by atoms with E-state index in [4.69, 9.17) is 5.26 Å². The molecule has 0 spiro atoms. The molecule has 0 radical (unpaired) electrons. The van der Waals surface area contributed by atoms with E-state index in [0.29, 0.717) is 5.56 Å². The van der Waals surface area contributed by atoms with Crippen molar-refractivity contribution < 1.29 is 0 Å². The van der Waals surface area contributed by atoms with E-state index in [2.05, 4.69) is 15.9 Å². The van der Waals surface area contributed by atoms with E-state index in [0.717, 1.165) is 4.47 Å². The molecule has 0 aromatic heterocycles. The van der Waals surface area contributed by atoms with Crippen LogP contribution in [-0.4, -0.2) is 0 Å². The summed E-state index contributed by atoms with van der Waals surface area (Å²) in [5.74, 6) is 0. The summed E-state index contributed by atoms with van der Waals surface area (Å²) >= 11 is 3.27. The zero-order valence-corrected chi connectivity index (χ0v) is 6.22. The predicted molar refractivity (Wildman–Crippen MR) is 38.9 cm³/mol. The minimum Gasteiger partial charge on any atom is -0.192 e. The molecule has 0 saturated carbocycles. The molecular formula is C7H4BrN. The van der Waals surface area contributed by atoms with Crippen molar-refractivity contribution in [1.29, 1.82) is 5.26 Å². The number of nitriles is 1. The van der Waals surface area contributed by atoms with Gasteiger partial charge in [-0.05, 0) is 24.3 Å². The first-order valence-corrected chi connectivity index (χ1v) is 3.28. The predicted octanol–water partition coefficient (Wildman–Crippen LogP) is 2.32. The lowest BCUT2D eigenvalue weighted by Gasteiger charge is -1.86. The van der Waals surface area contributed by atoms with Gasteiger partial charge in [0.2, 0.25) is 0 Å². The van der Waals surface area contributed by atoms with Crippen molar-refractivity contribution >= 4 is 15.9 Å². The van der Waals surface area contributed by atoms with Gasteiger partial charge in [-0.25, -0.2) is 0 Å². The summed E-state index contributed by atoms with van der Waals surface area (Å²) < 4.78 is 1.00. The molecule has 0 bridgehead atoms. The Balaban J connectivity index is 3.06. The van der Waals surface area contributed by atoms with Crippen molar-refractivity contribution in [2.75, 3.05) is 0 Å². The summed E-state index contributed by atoms with van der Waals surface area (Å²) in [4.78, 5) is 0. The topological polar surface area (TPSA) is 23.8 Å². The molecule has 0 saturated heterocycles. The molecule has 0 fully saturated rings. The number of nitrogens with zero attached hydrogens (tertiary/aromatic N) is 1. The van der Waals surface area contributed by atoms with Crippen molar-refractivity contribution in [2.24, 2.45) is 0 Å². The summed E-state index contributed by atoms with van der Waals surface area (Å²) in [6.45, 7) is 0. The Labute approximate surface area is 62.1 Å². The Morgan fingerprint density at radius 3 is 2.22 bits per heavy atom. The van der Waals surface area contributed by atoms with E-state index in [9.17, 15) is 0 Å². The maximum atomic E-state index is 8.36. The van der Waals surface area contributed by atoms with Crippen LogP contribution >= 0.6 is 15.9 Å². The van der Waals surface area contributed by atoms with Crippen LogP contribution in [0.3, 0.4) is 0 Å². The zero-order valence-electron chi connectivity index (χ0n) is 4.63. The second-order valence-electron chi connectivity index (χ2n) is 1.62. The average molecular weight is 183 g/mol. The molecule has 0 aliphatic heterocycles. The fourth-order valence-electron chi connectivity index (χ4n) is 0.524. The molecule has 0 aliphatic carbocycles. The lowest BCUT2D eigenvalue weighted by Crippen LogP contribution is -1.69. The Bertz CT molecular complexity index is 232. The van der Waals surface area contributed by atoms with Gasteiger partial charge in [-0.3, -0.25) is 0 Å². The Morgan fingerprint density at radius 1 is 1.22 bits per heavy atom. The van der Waals surface area contributed by atoms with Crippen molar-refractivity contribution in [2.45, 2.75) is 0 Å². The molecule has 1 aromatic rings. The van der Waals surface area contributed by atoms with E-state index in [1.807, 2.05) is 18.2 Å². The van der Waals surface area contributed by atoms with Crippen LogP contribution < -0.4 is 0 Å². The summed E-state index contributed by atoms with van der Waals surface area (Å²) in [7, 11) is 0. The number of halogens is 1. The van der Waals surface area contributed by atoms with Gasteiger partial charge in [-0.15, -0.1) is 0 Å². The van der Waals surface area contributed by atoms with Gasteiger partial charge in [0.25, 0.3) is 0 Å². The fourth-order valence-corrected chi connectivity index (χ4v) is 0.789. The highest BCUT2D eigenvalue weighted by Gasteiger charge is 1.86. The number of hydrogen-bond acceptors (Lipinski definition) is 1. The molecule has 44 valence electrons. The Kier molecular flexibility index (Phi) is 1.86. The van der Waals surface area contributed by atoms with E-state index in [1.54, 1.807) is 12.1 Å². The van der Waals surface area contributed by atoms with Crippen LogP contribution in [0.25, 0.3) is 0 Å². The lowest BCUT2D eigenvalue weighted by molar-refractivity contribution is 1.48. The largest absolute Gasteiger partial charge is 0.192 e. The molecule has 0 amide bonds. The van der Waals surface area contributed by atoms with Crippen LogP contribution in [0, 0.1) is 11.3 Å². The first kappa shape index (κ1) is 6.31. The molecule has 9 heavy (non-hydrogen) atoms. The third-order valence-electron chi connectivity index (χ3n) is 0.973. The molecule has 2 heteroatoms. The Morgan fingerprint density at radius 2 is 1.78 bits per heavy atom. The second kappa shape index (κ2) is 2.65. The van der Waals surface area contributed by atoms with Crippen molar-refractivity contribution in [3.05, 3.63) is 34.3 Å². The third kappa shape index (κ3) is 1.55. The van der Waals surface area contributed by atoms with E-state index >= 15 is 0 Å². The van der Waals surface area contributed by atoms with Crippen LogP contribution in [0.1, 0.15) is 5.56 Å². The molecule has 0 N–H and O–H groups in total. The normalized spacial score (nSPS) is 8.44. The molecule has 1 nitrogen and oxygen atoms in total. The average Bonchev–Trinajstić information content (AvgIpc) is 1.90. The number of hydrogen-bond donors (Lipinski definition) is 0. The zero-order chi connectivity index (χ0) is 6.69. The van der Waals surface area contributed by atoms with Gasteiger partial charge in [0.05, 0.1) is 11.6 Å². The maximum absolute atomic E-state index is 8.36. The lowest BCUT2D eigenvalue weighted by atomic mass is 10.3. The summed E-state index contributed by atoms with van der Waals surface area (Å²) in [5, 5.41) is 8.36. The van der Waals surface area contributed by atoms with Crippen molar-refractivity contribution in [3.63, 3.8) is 0 Å². The van der Waals surface area contributed by atoms with Gasteiger partial charge in [-0.2, -0.15) is 5.26 Å². The molecule has 0 aliphatic rings. The number of rotatable bonds is 0. The second-order valence-corrected chi connectivity index (χ2v) is 2.53. The monoisotopic (exact) mass is 182 g/mol. The Hall–Kier alpha value is -0.810. The van der Waals surface area contributed by atoms with Crippen LogP contribution in [0.5, 0.6) is 0 Å². The van der Waals surface area contributed by atoms with Crippen LogP contribution in [0.4, 0.5) is 0 Å². The highest BCUT2D eigenvalue weighted by atomic mass is 79.9. The minimum atomic E-state index is 0.693. The van der Waals surface area contributed by atoms with E-state index in [1.165, 1.54) is 0 Å². The van der Waals surface area contributed by atoms with Gasteiger partial charge >= 0.3 is 0 Å². The molecule has 0 atom stereocenters. The van der Waals surface area contributed by atoms with Gasteiger partial charge < -0.3 is 0 Å². The fraction of sp³-hybridized carbons (Fsp3) is 0. The van der Waals surface area contributed by atoms with Crippen molar-refractivity contribution in [3.8, 4) is 6.07 Å². The summed E-state index contributed by atoms with van der Waals surface area (Å²) in [5.41, 5.74) is 0.693. The molecule has 0 heterocycles. The van der Waals surface area contributed by atoms with Crippen molar-refractivity contribution in [1.82, 2.24) is 0 Å². The standard InChI is InChI=1S/C7H4BrN/c8-7-3-1-6(5-9)2-4-7/h1-4H/i5+1.